The molecule has 3 heterocycles. The predicted octanol–water partition coefficient (Wildman–Crippen LogP) is 16.9. The van der Waals surface area contributed by atoms with Crippen molar-refractivity contribution in [2.24, 2.45) is 0 Å². The van der Waals surface area contributed by atoms with Crippen LogP contribution in [0.1, 0.15) is 23.6 Å². The van der Waals surface area contributed by atoms with E-state index < -0.39 is 0 Å². The second-order valence-corrected chi connectivity index (χ2v) is 19.0. The summed E-state index contributed by atoms with van der Waals surface area (Å²) in [6.07, 6.45) is 0. The second-order valence-electron chi connectivity index (χ2n) is 16.9. The van der Waals surface area contributed by atoms with Crippen molar-refractivity contribution in [1.82, 2.24) is 9.97 Å². The number of fused-ring (bicyclic) bond motifs is 9. The van der Waals surface area contributed by atoms with Crippen LogP contribution in [0.3, 0.4) is 0 Å². The highest BCUT2D eigenvalue weighted by molar-refractivity contribution is 7.26. The van der Waals surface area contributed by atoms with Crippen LogP contribution in [0.5, 0.6) is 0 Å². The van der Waals surface area contributed by atoms with E-state index in [1.54, 1.807) is 0 Å². The van der Waals surface area contributed by atoms with E-state index in [9.17, 15) is 0 Å². The number of nitrogens with zero attached hydrogens (tertiary/aromatic N) is 2. The van der Waals surface area contributed by atoms with Crippen LogP contribution in [0, 0.1) is 0 Å². The zero-order valence-electron chi connectivity index (χ0n) is 34.9. The number of hydrogen-bond acceptors (Lipinski definition) is 4. The molecule has 64 heavy (non-hydrogen) atoms. The number of thiophene rings is 2. The monoisotopic (exact) mass is 850 g/mol. The number of rotatable bonds is 6. The Morgan fingerprint density at radius 1 is 0.359 bits per heavy atom. The van der Waals surface area contributed by atoms with Crippen molar-refractivity contribution in [2.45, 2.75) is 12.3 Å². The standard InChI is InChI=1S/C60H38N2S2/c1-60(39-19-6-3-7-20-39)50-30-11-8-21-40(50)41-34-33-38(35-51(41)60)52-36-53(62-59(61-52)37-17-4-2-5-18-37)48-28-14-24-44(47-27-15-25-45-42-22-9-12-31-54(42)63-57(45)47)56(48)49-29-16-26-46-43-23-10-13-32-55(43)64-58(46)49/h2-36H,1H3. The minimum atomic E-state index is -0.334. The number of aromatic nitrogens is 2. The predicted molar refractivity (Wildman–Crippen MR) is 272 cm³/mol. The van der Waals surface area contributed by atoms with Crippen molar-refractivity contribution in [2.75, 3.05) is 0 Å². The van der Waals surface area contributed by atoms with Gasteiger partial charge in [-0.25, -0.2) is 9.97 Å². The molecule has 0 bridgehead atoms. The lowest BCUT2D eigenvalue weighted by Gasteiger charge is -2.28. The molecule has 0 fully saturated rings. The summed E-state index contributed by atoms with van der Waals surface area (Å²) in [4.78, 5) is 10.9. The summed E-state index contributed by atoms with van der Waals surface area (Å²) in [6, 6.07) is 77.4. The molecule has 0 radical (unpaired) electrons. The van der Waals surface area contributed by atoms with Crippen LogP contribution in [-0.4, -0.2) is 9.97 Å². The Hall–Kier alpha value is -7.50. The Bertz CT molecular complexity index is 3810. The summed E-state index contributed by atoms with van der Waals surface area (Å²) in [6.45, 7) is 2.38. The van der Waals surface area contributed by atoms with Crippen molar-refractivity contribution in [1.29, 1.82) is 0 Å². The second kappa shape index (κ2) is 14.5. The molecule has 300 valence electrons. The SMILES string of the molecule is CC1(c2ccccc2)c2ccccc2-c2ccc(-c3cc(-c4cccc(-c5cccc6c5sc5ccccc56)c4-c4cccc5c4sc4ccccc45)nc(-c4ccccc4)n3)cc21. The van der Waals surface area contributed by atoms with Crippen molar-refractivity contribution in [3.8, 4) is 67.3 Å². The lowest BCUT2D eigenvalue weighted by molar-refractivity contribution is 0.714. The van der Waals surface area contributed by atoms with Crippen LogP contribution in [0.4, 0.5) is 0 Å². The lowest BCUT2D eigenvalue weighted by Crippen LogP contribution is -2.22. The zero-order valence-corrected chi connectivity index (χ0v) is 36.6. The van der Waals surface area contributed by atoms with Crippen LogP contribution < -0.4 is 0 Å². The van der Waals surface area contributed by atoms with Gasteiger partial charge in [0.2, 0.25) is 0 Å². The summed E-state index contributed by atoms with van der Waals surface area (Å²) in [5, 5.41) is 5.13. The van der Waals surface area contributed by atoms with E-state index in [2.05, 4.69) is 219 Å². The van der Waals surface area contributed by atoms with E-state index in [1.807, 2.05) is 22.7 Å². The van der Waals surface area contributed by atoms with Gasteiger partial charge in [0.05, 0.1) is 11.4 Å². The van der Waals surface area contributed by atoms with Gasteiger partial charge in [0, 0.05) is 79.1 Å². The van der Waals surface area contributed by atoms with Gasteiger partial charge in [0.25, 0.3) is 0 Å². The Kier molecular flexibility index (Phi) is 8.42. The first-order valence-electron chi connectivity index (χ1n) is 21.8. The minimum Gasteiger partial charge on any atom is -0.228 e. The summed E-state index contributed by atoms with van der Waals surface area (Å²) in [5.74, 6) is 0.700. The largest absolute Gasteiger partial charge is 0.228 e. The van der Waals surface area contributed by atoms with Crippen LogP contribution >= 0.6 is 22.7 Å². The summed E-state index contributed by atoms with van der Waals surface area (Å²) in [5.41, 5.74) is 15.8. The van der Waals surface area contributed by atoms with Gasteiger partial charge >= 0.3 is 0 Å². The third kappa shape index (κ3) is 5.63. The first-order valence-corrected chi connectivity index (χ1v) is 23.4. The Balaban J connectivity index is 1.09. The molecule has 0 spiro atoms. The van der Waals surface area contributed by atoms with Crippen LogP contribution in [0.25, 0.3) is 108 Å². The van der Waals surface area contributed by atoms with E-state index in [-0.39, 0.29) is 5.41 Å². The number of hydrogen-bond donors (Lipinski definition) is 0. The molecule has 1 unspecified atom stereocenters. The molecule has 0 amide bonds. The maximum atomic E-state index is 5.52. The van der Waals surface area contributed by atoms with Crippen LogP contribution in [-0.2, 0) is 5.41 Å². The van der Waals surface area contributed by atoms with E-state index in [1.165, 1.54) is 90.4 Å². The van der Waals surface area contributed by atoms with E-state index in [0.29, 0.717) is 5.82 Å². The molecule has 13 rings (SSSR count). The highest BCUT2D eigenvalue weighted by atomic mass is 32.1. The van der Waals surface area contributed by atoms with Gasteiger partial charge < -0.3 is 0 Å². The van der Waals surface area contributed by atoms with E-state index in [0.717, 1.165) is 28.1 Å². The maximum absolute atomic E-state index is 5.52. The third-order valence-electron chi connectivity index (χ3n) is 13.4. The van der Waals surface area contributed by atoms with Gasteiger partial charge in [-0.15, -0.1) is 22.7 Å². The maximum Gasteiger partial charge on any atom is 0.160 e. The van der Waals surface area contributed by atoms with Crippen molar-refractivity contribution in [3.63, 3.8) is 0 Å². The topological polar surface area (TPSA) is 25.8 Å². The fraction of sp³-hybridized carbons (Fsp3) is 0.0333. The quantitative estimate of drug-likeness (QED) is 0.167. The minimum absolute atomic E-state index is 0.334. The molecule has 0 saturated carbocycles. The highest BCUT2D eigenvalue weighted by Gasteiger charge is 2.40. The average Bonchev–Trinajstić information content (AvgIpc) is 4.03. The van der Waals surface area contributed by atoms with Gasteiger partial charge in [-0.2, -0.15) is 0 Å². The van der Waals surface area contributed by atoms with Gasteiger partial charge in [0.1, 0.15) is 0 Å². The van der Waals surface area contributed by atoms with Crippen molar-refractivity contribution < 1.29 is 0 Å². The molecule has 1 aliphatic carbocycles. The summed E-state index contributed by atoms with van der Waals surface area (Å²) < 4.78 is 5.15. The molecular weight excluding hydrogens is 813 g/mol. The first-order chi connectivity index (χ1) is 31.6. The normalized spacial score (nSPS) is 14.4. The molecule has 2 nitrogen and oxygen atoms in total. The molecule has 1 atom stereocenters. The van der Waals surface area contributed by atoms with Gasteiger partial charge in [0.15, 0.2) is 5.82 Å². The Labute approximate surface area is 379 Å². The molecule has 3 aromatic heterocycles. The molecule has 9 aromatic carbocycles. The molecule has 1 aliphatic rings. The van der Waals surface area contributed by atoms with Gasteiger partial charge in [-0.3, -0.25) is 0 Å². The van der Waals surface area contributed by atoms with Crippen molar-refractivity contribution >= 4 is 63.0 Å². The van der Waals surface area contributed by atoms with Gasteiger partial charge in [-0.05, 0) is 64.6 Å². The summed E-state index contributed by atoms with van der Waals surface area (Å²) >= 11 is 3.75. The van der Waals surface area contributed by atoms with E-state index >= 15 is 0 Å². The molecule has 0 N–H and O–H groups in total. The molecule has 0 saturated heterocycles. The average molecular weight is 851 g/mol. The van der Waals surface area contributed by atoms with Crippen LogP contribution in [0.2, 0.25) is 0 Å². The molecule has 0 aliphatic heterocycles. The fourth-order valence-electron chi connectivity index (χ4n) is 10.4. The van der Waals surface area contributed by atoms with E-state index in [4.69, 9.17) is 9.97 Å². The summed E-state index contributed by atoms with van der Waals surface area (Å²) in [7, 11) is 0. The van der Waals surface area contributed by atoms with Crippen LogP contribution in [0.15, 0.2) is 212 Å². The molecule has 12 aromatic rings. The molecule has 4 heteroatoms. The lowest BCUT2D eigenvalue weighted by atomic mass is 9.74. The third-order valence-corrected chi connectivity index (χ3v) is 15.9. The van der Waals surface area contributed by atoms with Gasteiger partial charge in [-0.1, -0.05) is 188 Å². The Morgan fingerprint density at radius 2 is 0.891 bits per heavy atom. The highest BCUT2D eigenvalue weighted by Crippen LogP contribution is 2.54. The number of benzene rings is 9. The molecular formula is C60H38N2S2. The van der Waals surface area contributed by atoms with Crippen molar-refractivity contribution in [3.05, 3.63) is 229 Å². The fourth-order valence-corrected chi connectivity index (χ4v) is 12.8. The first kappa shape index (κ1) is 37.1. The Morgan fingerprint density at radius 3 is 1.64 bits per heavy atom. The zero-order chi connectivity index (χ0) is 42.4. The smallest absolute Gasteiger partial charge is 0.160 e.